The first-order valence-corrected chi connectivity index (χ1v) is 9.29. The monoisotopic (exact) mass is 386 g/mol. The molecule has 0 bridgehead atoms. The van der Waals surface area contributed by atoms with Gasteiger partial charge in [-0.15, -0.1) is 0 Å². The number of ketones is 2. The van der Waals surface area contributed by atoms with E-state index < -0.39 is 5.92 Å². The lowest BCUT2D eigenvalue weighted by molar-refractivity contribution is -0.125. The molecule has 0 amide bonds. The van der Waals surface area contributed by atoms with E-state index in [1.165, 1.54) is 19.3 Å². The zero-order valence-electron chi connectivity index (χ0n) is 16.1. The molecule has 0 fully saturated rings. The molecule has 0 spiro atoms. The number of methoxy groups -OCH3 is 1. The number of phenolic OH excluding ortho intramolecular Hbond substituents is 1. The third kappa shape index (κ3) is 5.20. The minimum Gasteiger partial charge on any atom is -0.504 e. The molecule has 0 saturated carbocycles. The minimum atomic E-state index is -0.483. The van der Waals surface area contributed by atoms with Crippen LogP contribution in [-0.4, -0.2) is 23.8 Å². The maximum absolute atomic E-state index is 13.0. The van der Waals surface area contributed by atoms with Gasteiger partial charge >= 0.3 is 0 Å². The van der Waals surface area contributed by atoms with Crippen molar-refractivity contribution in [1.29, 1.82) is 0 Å². The zero-order valence-corrected chi connectivity index (χ0v) is 16.1. The molecule has 0 aliphatic heterocycles. The molecule has 0 unspecified atom stereocenters. The SMILES string of the molecule is COc1cc(C=CC(=O)CC(=O)C(c2ccccc2)c2ccccc2)ccc1O. The summed E-state index contributed by atoms with van der Waals surface area (Å²) in [4.78, 5) is 25.4. The number of hydrogen-bond donors (Lipinski definition) is 1. The second kappa shape index (κ2) is 9.51. The lowest BCUT2D eigenvalue weighted by Gasteiger charge is -2.16. The van der Waals surface area contributed by atoms with Crippen molar-refractivity contribution < 1.29 is 19.4 Å². The Morgan fingerprint density at radius 2 is 1.52 bits per heavy atom. The first kappa shape index (κ1) is 20.1. The van der Waals surface area contributed by atoms with E-state index in [2.05, 4.69) is 0 Å². The van der Waals surface area contributed by atoms with E-state index in [0.717, 1.165) is 11.1 Å². The molecule has 4 heteroatoms. The summed E-state index contributed by atoms with van der Waals surface area (Å²) in [6.45, 7) is 0. The number of carbonyl (C=O) groups excluding carboxylic acids is 2. The highest BCUT2D eigenvalue weighted by molar-refractivity contribution is 6.09. The topological polar surface area (TPSA) is 63.6 Å². The molecule has 0 radical (unpaired) electrons. The molecule has 0 heterocycles. The van der Waals surface area contributed by atoms with Crippen LogP contribution in [-0.2, 0) is 9.59 Å². The summed E-state index contributed by atoms with van der Waals surface area (Å²) in [6.07, 6.45) is 2.80. The lowest BCUT2D eigenvalue weighted by atomic mass is 9.86. The van der Waals surface area contributed by atoms with E-state index in [-0.39, 0.29) is 23.7 Å². The van der Waals surface area contributed by atoms with E-state index in [1.54, 1.807) is 18.2 Å². The first-order valence-electron chi connectivity index (χ1n) is 9.29. The van der Waals surface area contributed by atoms with Gasteiger partial charge in [-0.25, -0.2) is 0 Å². The number of rotatable bonds is 8. The Morgan fingerprint density at radius 3 is 2.07 bits per heavy atom. The Kier molecular flexibility index (Phi) is 6.59. The number of Topliss-reactive ketones (excluding diaryl/α,β-unsaturated/α-hetero) is 1. The normalized spacial score (nSPS) is 11.0. The van der Waals surface area contributed by atoms with Crippen molar-refractivity contribution in [3.05, 3.63) is 102 Å². The van der Waals surface area contributed by atoms with Crippen molar-refractivity contribution >= 4 is 17.6 Å². The minimum absolute atomic E-state index is 0.0275. The summed E-state index contributed by atoms with van der Waals surface area (Å²) < 4.78 is 5.06. The average molecular weight is 386 g/mol. The lowest BCUT2D eigenvalue weighted by Crippen LogP contribution is -2.17. The van der Waals surface area contributed by atoms with Crippen molar-refractivity contribution in [3.63, 3.8) is 0 Å². The molecular weight excluding hydrogens is 364 g/mol. The van der Waals surface area contributed by atoms with Crippen LogP contribution in [0.1, 0.15) is 29.0 Å². The number of benzene rings is 3. The van der Waals surface area contributed by atoms with E-state index in [0.29, 0.717) is 11.3 Å². The van der Waals surface area contributed by atoms with Crippen LogP contribution in [0.5, 0.6) is 11.5 Å². The summed E-state index contributed by atoms with van der Waals surface area (Å²) in [5, 5.41) is 9.65. The van der Waals surface area contributed by atoms with Crippen molar-refractivity contribution in [2.24, 2.45) is 0 Å². The van der Waals surface area contributed by atoms with Gasteiger partial charge in [0.25, 0.3) is 0 Å². The average Bonchev–Trinajstić information content (AvgIpc) is 2.75. The fourth-order valence-corrected chi connectivity index (χ4v) is 3.17. The van der Waals surface area contributed by atoms with Gasteiger partial charge in [0.15, 0.2) is 23.1 Å². The molecule has 146 valence electrons. The Balaban J connectivity index is 1.76. The van der Waals surface area contributed by atoms with E-state index >= 15 is 0 Å². The van der Waals surface area contributed by atoms with Gasteiger partial charge in [-0.05, 0) is 34.9 Å². The molecule has 0 atom stereocenters. The van der Waals surface area contributed by atoms with Gasteiger partial charge in [0.2, 0.25) is 0 Å². The number of carbonyl (C=O) groups is 2. The van der Waals surface area contributed by atoms with Gasteiger partial charge in [0, 0.05) is 0 Å². The summed E-state index contributed by atoms with van der Waals surface area (Å²) in [6, 6.07) is 23.7. The summed E-state index contributed by atoms with van der Waals surface area (Å²) >= 11 is 0. The number of ether oxygens (including phenoxy) is 1. The number of hydrogen-bond acceptors (Lipinski definition) is 4. The van der Waals surface area contributed by atoms with Crippen LogP contribution in [0.3, 0.4) is 0 Å². The quantitative estimate of drug-likeness (QED) is 0.447. The highest BCUT2D eigenvalue weighted by Crippen LogP contribution is 2.28. The van der Waals surface area contributed by atoms with E-state index in [4.69, 9.17) is 4.74 Å². The van der Waals surface area contributed by atoms with Gasteiger partial charge in [-0.2, -0.15) is 0 Å². The first-order chi connectivity index (χ1) is 14.1. The highest BCUT2D eigenvalue weighted by atomic mass is 16.5. The van der Waals surface area contributed by atoms with Crippen LogP contribution in [0.2, 0.25) is 0 Å². The molecule has 29 heavy (non-hydrogen) atoms. The summed E-state index contributed by atoms with van der Waals surface area (Å²) in [5.41, 5.74) is 2.43. The van der Waals surface area contributed by atoms with Gasteiger partial charge in [0.1, 0.15) is 0 Å². The molecule has 0 aromatic heterocycles. The second-order valence-electron chi connectivity index (χ2n) is 6.63. The highest BCUT2D eigenvalue weighted by Gasteiger charge is 2.23. The third-order valence-electron chi connectivity index (χ3n) is 4.60. The Morgan fingerprint density at radius 1 is 0.931 bits per heavy atom. The zero-order chi connectivity index (χ0) is 20.6. The molecule has 0 aliphatic carbocycles. The van der Waals surface area contributed by atoms with Gasteiger partial charge in [-0.1, -0.05) is 72.8 Å². The molecule has 0 saturated heterocycles. The van der Waals surface area contributed by atoms with Crippen LogP contribution in [0.4, 0.5) is 0 Å². The van der Waals surface area contributed by atoms with Crippen molar-refractivity contribution in [2.45, 2.75) is 12.3 Å². The predicted molar refractivity (Wildman–Crippen MR) is 113 cm³/mol. The van der Waals surface area contributed by atoms with Gasteiger partial charge in [0.05, 0.1) is 19.4 Å². The van der Waals surface area contributed by atoms with Crippen molar-refractivity contribution in [2.75, 3.05) is 7.11 Å². The van der Waals surface area contributed by atoms with Crippen LogP contribution in [0.15, 0.2) is 84.9 Å². The molecule has 3 rings (SSSR count). The fraction of sp³-hybridized carbons (Fsp3) is 0.120. The standard InChI is InChI=1S/C25H22O4/c1-29-24-16-18(13-15-22(24)27)12-14-21(26)17-23(28)25(19-8-4-2-5-9-19)20-10-6-3-7-11-20/h2-16,25,27H,17H2,1H3. The maximum Gasteiger partial charge on any atom is 0.163 e. The molecule has 4 nitrogen and oxygen atoms in total. The summed E-state index contributed by atoms with van der Waals surface area (Å²) in [7, 11) is 1.46. The molecule has 3 aromatic carbocycles. The van der Waals surface area contributed by atoms with E-state index in [9.17, 15) is 14.7 Å². The smallest absolute Gasteiger partial charge is 0.163 e. The van der Waals surface area contributed by atoms with Crippen LogP contribution in [0.25, 0.3) is 6.08 Å². The van der Waals surface area contributed by atoms with Crippen LogP contribution >= 0.6 is 0 Å². The molecular formula is C25H22O4. The van der Waals surface area contributed by atoms with Crippen molar-refractivity contribution in [3.8, 4) is 11.5 Å². The van der Waals surface area contributed by atoms with Crippen LogP contribution < -0.4 is 4.74 Å². The Labute approximate surface area is 170 Å². The Bertz CT molecular complexity index is 968. The predicted octanol–water partition coefficient (Wildman–Crippen LogP) is 4.77. The molecule has 0 aliphatic rings. The number of allylic oxidation sites excluding steroid dienone is 1. The fourth-order valence-electron chi connectivity index (χ4n) is 3.17. The van der Waals surface area contributed by atoms with Gasteiger partial charge < -0.3 is 9.84 Å². The Hall–Kier alpha value is -3.66. The molecule has 3 aromatic rings. The maximum atomic E-state index is 13.0. The molecule has 1 N–H and O–H groups in total. The summed E-state index contributed by atoms with van der Waals surface area (Å²) in [5.74, 6) is -0.564. The van der Waals surface area contributed by atoms with Crippen molar-refractivity contribution in [1.82, 2.24) is 0 Å². The van der Waals surface area contributed by atoms with Crippen LogP contribution in [0, 0.1) is 0 Å². The largest absolute Gasteiger partial charge is 0.504 e. The number of aromatic hydroxyl groups is 1. The second-order valence-corrected chi connectivity index (χ2v) is 6.63. The van der Waals surface area contributed by atoms with E-state index in [1.807, 2.05) is 60.7 Å². The van der Waals surface area contributed by atoms with Gasteiger partial charge in [-0.3, -0.25) is 9.59 Å². The number of phenols is 1. The third-order valence-corrected chi connectivity index (χ3v) is 4.60.